The lowest BCUT2D eigenvalue weighted by molar-refractivity contribution is 0.195. The Labute approximate surface area is 148 Å². The summed E-state index contributed by atoms with van der Waals surface area (Å²) in [6.45, 7) is 2.27. The molecule has 6 heteroatoms. The molecule has 2 N–H and O–H groups in total. The van der Waals surface area contributed by atoms with E-state index in [9.17, 15) is 0 Å². The average Bonchev–Trinajstić information content (AvgIpc) is 2.54. The Morgan fingerprint density at radius 3 is 2.82 bits per heavy atom. The maximum absolute atomic E-state index is 5.03. The van der Waals surface area contributed by atoms with Gasteiger partial charge in [-0.05, 0) is 18.1 Å². The van der Waals surface area contributed by atoms with Gasteiger partial charge in [-0.1, -0.05) is 24.3 Å². The molecule has 0 spiro atoms. The van der Waals surface area contributed by atoms with Crippen molar-refractivity contribution in [1.82, 2.24) is 15.6 Å². The molecule has 2 aromatic rings. The van der Waals surface area contributed by atoms with Crippen LogP contribution in [0.15, 0.2) is 41.5 Å². The van der Waals surface area contributed by atoms with Crippen LogP contribution in [0.2, 0.25) is 0 Å². The zero-order valence-corrected chi connectivity index (χ0v) is 15.3. The minimum atomic E-state index is 0. The number of nitrogens with one attached hydrogen (secondary N) is 2. The first-order valence-electron chi connectivity index (χ1n) is 7.11. The second kappa shape index (κ2) is 10.3. The molecular formula is C16H23IN4O. The van der Waals surface area contributed by atoms with Gasteiger partial charge in [0.1, 0.15) is 0 Å². The standard InChI is InChI=1S/C16H22N4O.HI/c1-17-16(19-10-5-11-21-2)20-12-14-7-3-6-13-8-4-9-18-15(13)14;/h3-4,6-9H,5,10-12H2,1-2H3,(H2,17,19,20);1H. The number of pyridine rings is 1. The number of ether oxygens (including phenoxy) is 1. The zero-order valence-electron chi connectivity index (χ0n) is 13.0. The third-order valence-corrected chi connectivity index (χ3v) is 3.20. The zero-order chi connectivity index (χ0) is 14.9. The topological polar surface area (TPSA) is 58.5 Å². The van der Waals surface area contributed by atoms with Crippen molar-refractivity contribution < 1.29 is 4.74 Å². The number of halogens is 1. The number of aromatic nitrogens is 1. The number of hydrogen-bond donors (Lipinski definition) is 2. The summed E-state index contributed by atoms with van der Waals surface area (Å²) in [6.07, 6.45) is 2.77. The molecule has 22 heavy (non-hydrogen) atoms. The Bertz CT molecular complexity index is 598. The van der Waals surface area contributed by atoms with Crippen molar-refractivity contribution in [2.45, 2.75) is 13.0 Å². The van der Waals surface area contributed by atoms with Crippen molar-refractivity contribution in [3.05, 3.63) is 42.1 Å². The van der Waals surface area contributed by atoms with Crippen LogP contribution in [0.3, 0.4) is 0 Å². The van der Waals surface area contributed by atoms with Gasteiger partial charge in [0.25, 0.3) is 0 Å². The Morgan fingerprint density at radius 2 is 2.05 bits per heavy atom. The van der Waals surface area contributed by atoms with E-state index in [2.05, 4.69) is 44.9 Å². The van der Waals surface area contributed by atoms with Gasteiger partial charge in [-0.25, -0.2) is 0 Å². The van der Waals surface area contributed by atoms with Gasteiger partial charge in [-0.15, -0.1) is 24.0 Å². The number of rotatable bonds is 6. The molecular weight excluding hydrogens is 391 g/mol. The smallest absolute Gasteiger partial charge is 0.191 e. The summed E-state index contributed by atoms with van der Waals surface area (Å²) in [5, 5.41) is 7.73. The van der Waals surface area contributed by atoms with Gasteiger partial charge < -0.3 is 15.4 Å². The molecule has 0 radical (unpaired) electrons. The average molecular weight is 414 g/mol. The van der Waals surface area contributed by atoms with Crippen molar-refractivity contribution in [3.8, 4) is 0 Å². The molecule has 5 nitrogen and oxygen atoms in total. The lowest BCUT2D eigenvalue weighted by atomic mass is 10.1. The number of guanidine groups is 1. The van der Waals surface area contributed by atoms with E-state index < -0.39 is 0 Å². The fourth-order valence-corrected chi connectivity index (χ4v) is 2.13. The van der Waals surface area contributed by atoms with Gasteiger partial charge in [0.05, 0.1) is 5.52 Å². The molecule has 0 aliphatic rings. The fraction of sp³-hybridized carbons (Fsp3) is 0.375. The van der Waals surface area contributed by atoms with Gasteiger partial charge in [0, 0.05) is 45.4 Å². The number of methoxy groups -OCH3 is 1. The van der Waals surface area contributed by atoms with Crippen LogP contribution < -0.4 is 10.6 Å². The largest absolute Gasteiger partial charge is 0.385 e. The van der Waals surface area contributed by atoms with Crippen molar-refractivity contribution in [2.75, 3.05) is 27.3 Å². The molecule has 0 bridgehead atoms. The van der Waals surface area contributed by atoms with Gasteiger partial charge in [0.2, 0.25) is 0 Å². The highest BCUT2D eigenvalue weighted by Gasteiger charge is 2.03. The van der Waals surface area contributed by atoms with Crippen LogP contribution in [-0.4, -0.2) is 38.3 Å². The second-order valence-corrected chi connectivity index (χ2v) is 4.69. The van der Waals surface area contributed by atoms with Gasteiger partial charge in [-0.2, -0.15) is 0 Å². The van der Waals surface area contributed by atoms with Gasteiger partial charge >= 0.3 is 0 Å². The Balaban J connectivity index is 0.00000242. The van der Waals surface area contributed by atoms with E-state index in [1.807, 2.05) is 12.3 Å². The van der Waals surface area contributed by atoms with E-state index >= 15 is 0 Å². The highest BCUT2D eigenvalue weighted by atomic mass is 127. The van der Waals surface area contributed by atoms with Gasteiger partial charge in [-0.3, -0.25) is 9.98 Å². The first kappa shape index (κ1) is 18.6. The normalized spacial score (nSPS) is 11.1. The van der Waals surface area contributed by atoms with Crippen LogP contribution in [0.1, 0.15) is 12.0 Å². The highest BCUT2D eigenvalue weighted by Crippen LogP contribution is 2.15. The SMILES string of the molecule is CN=C(NCCCOC)NCc1cccc2cccnc12.I. The Hall–Kier alpha value is -1.41. The number of aliphatic imine (C=N–C) groups is 1. The van der Waals surface area contributed by atoms with Crippen LogP contribution in [0.4, 0.5) is 0 Å². The summed E-state index contributed by atoms with van der Waals surface area (Å²) in [6, 6.07) is 10.2. The lowest BCUT2D eigenvalue weighted by Crippen LogP contribution is -2.37. The summed E-state index contributed by atoms with van der Waals surface area (Å²) >= 11 is 0. The van der Waals surface area contributed by atoms with E-state index in [0.29, 0.717) is 6.54 Å². The number of benzene rings is 1. The molecule has 0 saturated carbocycles. The third-order valence-electron chi connectivity index (χ3n) is 3.20. The second-order valence-electron chi connectivity index (χ2n) is 4.69. The summed E-state index contributed by atoms with van der Waals surface area (Å²) in [7, 11) is 3.48. The van der Waals surface area contributed by atoms with Crippen molar-refractivity contribution in [1.29, 1.82) is 0 Å². The van der Waals surface area contributed by atoms with Crippen molar-refractivity contribution in [2.24, 2.45) is 4.99 Å². The van der Waals surface area contributed by atoms with Crippen LogP contribution in [0.5, 0.6) is 0 Å². The van der Waals surface area contributed by atoms with Crippen molar-refractivity contribution in [3.63, 3.8) is 0 Å². The minimum Gasteiger partial charge on any atom is -0.385 e. The van der Waals surface area contributed by atoms with Crippen LogP contribution >= 0.6 is 24.0 Å². The summed E-state index contributed by atoms with van der Waals surface area (Å²) in [4.78, 5) is 8.67. The number of nitrogens with zero attached hydrogens (tertiary/aromatic N) is 2. The van der Waals surface area contributed by atoms with E-state index in [1.165, 1.54) is 0 Å². The lowest BCUT2D eigenvalue weighted by Gasteiger charge is -2.12. The quantitative estimate of drug-likeness (QED) is 0.330. The third kappa shape index (κ3) is 5.42. The molecule has 0 fully saturated rings. The molecule has 0 unspecified atom stereocenters. The van der Waals surface area contributed by atoms with E-state index in [0.717, 1.165) is 42.0 Å². The maximum Gasteiger partial charge on any atom is 0.191 e. The predicted octanol–water partition coefficient (Wildman–Crippen LogP) is 2.55. The molecule has 0 aliphatic carbocycles. The molecule has 0 aliphatic heterocycles. The summed E-state index contributed by atoms with van der Waals surface area (Å²) < 4.78 is 5.03. The number of para-hydroxylation sites is 1. The summed E-state index contributed by atoms with van der Waals surface area (Å²) in [5.74, 6) is 0.791. The highest BCUT2D eigenvalue weighted by molar-refractivity contribution is 14.0. The molecule has 0 amide bonds. The first-order chi connectivity index (χ1) is 10.3. The number of hydrogen-bond acceptors (Lipinski definition) is 3. The Kier molecular flexibility index (Phi) is 8.76. The Morgan fingerprint density at radius 1 is 1.23 bits per heavy atom. The van der Waals surface area contributed by atoms with Crippen LogP contribution in [0.25, 0.3) is 10.9 Å². The molecule has 1 heterocycles. The van der Waals surface area contributed by atoms with E-state index in [4.69, 9.17) is 4.74 Å². The monoisotopic (exact) mass is 414 g/mol. The van der Waals surface area contributed by atoms with Crippen LogP contribution in [-0.2, 0) is 11.3 Å². The molecule has 1 aromatic heterocycles. The van der Waals surface area contributed by atoms with Crippen molar-refractivity contribution >= 4 is 40.8 Å². The maximum atomic E-state index is 5.03. The van der Waals surface area contributed by atoms with Crippen LogP contribution in [0, 0.1) is 0 Å². The number of fused-ring (bicyclic) bond motifs is 1. The molecule has 1 aromatic carbocycles. The predicted molar refractivity (Wildman–Crippen MR) is 102 cm³/mol. The fourth-order valence-electron chi connectivity index (χ4n) is 2.13. The molecule has 120 valence electrons. The molecule has 0 atom stereocenters. The minimum absolute atomic E-state index is 0. The van der Waals surface area contributed by atoms with E-state index in [-0.39, 0.29) is 24.0 Å². The molecule has 2 rings (SSSR count). The van der Waals surface area contributed by atoms with E-state index in [1.54, 1.807) is 14.2 Å². The summed E-state index contributed by atoms with van der Waals surface area (Å²) in [5.41, 5.74) is 2.19. The molecule has 0 saturated heterocycles. The first-order valence-corrected chi connectivity index (χ1v) is 7.11. The van der Waals surface area contributed by atoms with Gasteiger partial charge in [0.15, 0.2) is 5.96 Å².